The van der Waals surface area contributed by atoms with Crippen LogP contribution in [-0.2, 0) is 4.79 Å². The van der Waals surface area contributed by atoms with Crippen molar-refractivity contribution in [3.63, 3.8) is 0 Å². The fraction of sp³-hybridized carbons (Fsp3) is 0.385. The number of nitrogens with one attached hydrogen (secondary N) is 1. The zero-order valence-electron chi connectivity index (χ0n) is 11.9. The molecule has 1 atom stereocenters. The summed E-state index contributed by atoms with van der Waals surface area (Å²) in [5.41, 5.74) is 5.65. The van der Waals surface area contributed by atoms with E-state index in [1.165, 1.54) is 6.92 Å². The lowest BCUT2D eigenvalue weighted by molar-refractivity contribution is -0.126. The van der Waals surface area contributed by atoms with E-state index in [0.717, 1.165) is 10.4 Å². The van der Waals surface area contributed by atoms with Crippen LogP contribution in [0.15, 0.2) is 30.3 Å². The van der Waals surface area contributed by atoms with Gasteiger partial charge in [0.1, 0.15) is 6.04 Å². The summed E-state index contributed by atoms with van der Waals surface area (Å²) >= 11 is 0. The van der Waals surface area contributed by atoms with Crippen LogP contribution in [-0.4, -0.2) is 45.1 Å². The third-order valence-electron chi connectivity index (χ3n) is 3.01. The van der Waals surface area contributed by atoms with E-state index in [4.69, 9.17) is 5.73 Å². The van der Waals surface area contributed by atoms with Crippen LogP contribution in [0.3, 0.4) is 0 Å². The molecule has 0 fully saturated rings. The Morgan fingerprint density at radius 3 is 2.73 bits per heavy atom. The maximum absolute atomic E-state index is 13.0. The lowest BCUT2D eigenvalue weighted by atomic mass is 10.2. The van der Waals surface area contributed by atoms with Gasteiger partial charge in [-0.1, -0.05) is 30.3 Å². The molecule has 1 unspecified atom stereocenters. The molecule has 9 heteroatoms. The van der Waals surface area contributed by atoms with E-state index in [1.54, 1.807) is 12.1 Å². The van der Waals surface area contributed by atoms with Crippen molar-refractivity contribution in [1.29, 1.82) is 0 Å². The summed E-state index contributed by atoms with van der Waals surface area (Å²) in [5.74, 6) is -3.42. The predicted molar refractivity (Wildman–Crippen MR) is 75.0 cm³/mol. The number of halogens is 2. The molecule has 22 heavy (non-hydrogen) atoms. The lowest BCUT2D eigenvalue weighted by Crippen LogP contribution is -2.43. The summed E-state index contributed by atoms with van der Waals surface area (Å²) in [6.45, 7) is -0.166. The number of carbonyl (C=O) groups excluding carboxylic acids is 1. The molecule has 1 aromatic heterocycles. The van der Waals surface area contributed by atoms with Gasteiger partial charge in [0, 0.05) is 5.56 Å². The first-order valence-corrected chi connectivity index (χ1v) is 6.63. The van der Waals surface area contributed by atoms with Gasteiger partial charge in [0.15, 0.2) is 0 Å². The number of nitrogens with zero attached hydrogens (tertiary/aromatic N) is 4. The monoisotopic (exact) mass is 310 g/mol. The van der Waals surface area contributed by atoms with Crippen molar-refractivity contribution in [1.82, 2.24) is 25.5 Å². The van der Waals surface area contributed by atoms with Crippen LogP contribution < -0.4 is 11.1 Å². The molecular weight excluding hydrogens is 294 g/mol. The number of tetrazole rings is 1. The molecule has 1 heterocycles. The maximum Gasteiger partial charge on any atom is 0.277 e. The van der Waals surface area contributed by atoms with Crippen LogP contribution >= 0.6 is 0 Å². The number of nitrogens with two attached hydrogens (primary N) is 1. The van der Waals surface area contributed by atoms with E-state index < -0.39 is 31.0 Å². The number of hydrogen-bond acceptors (Lipinski definition) is 5. The van der Waals surface area contributed by atoms with Gasteiger partial charge in [0.2, 0.25) is 11.7 Å². The molecule has 0 radical (unpaired) electrons. The molecule has 118 valence electrons. The first-order chi connectivity index (χ1) is 10.4. The zero-order chi connectivity index (χ0) is 16.2. The smallest absolute Gasteiger partial charge is 0.277 e. The Morgan fingerprint density at radius 1 is 1.41 bits per heavy atom. The maximum atomic E-state index is 13.0. The number of hydrogen-bond donors (Lipinski definition) is 2. The normalized spacial score (nSPS) is 12.9. The SMILES string of the molecule is CC(C(=O)NCC(F)(F)CN)n1nnc(-c2ccccc2)n1. The van der Waals surface area contributed by atoms with E-state index >= 15 is 0 Å². The lowest BCUT2D eigenvalue weighted by Gasteiger charge is -2.16. The van der Waals surface area contributed by atoms with Gasteiger partial charge in [-0.3, -0.25) is 4.79 Å². The van der Waals surface area contributed by atoms with Crippen molar-refractivity contribution in [3.05, 3.63) is 30.3 Å². The van der Waals surface area contributed by atoms with Crippen LogP contribution in [0.25, 0.3) is 11.4 Å². The van der Waals surface area contributed by atoms with Crippen LogP contribution in [0.5, 0.6) is 0 Å². The molecule has 0 aliphatic rings. The Labute approximate surface area is 125 Å². The van der Waals surface area contributed by atoms with Gasteiger partial charge < -0.3 is 11.1 Å². The summed E-state index contributed by atoms with van der Waals surface area (Å²) in [6, 6.07) is 8.23. The second-order valence-corrected chi connectivity index (χ2v) is 4.75. The van der Waals surface area contributed by atoms with Crippen molar-refractivity contribution in [3.8, 4) is 11.4 Å². The molecule has 2 rings (SSSR count). The average molecular weight is 310 g/mol. The van der Waals surface area contributed by atoms with Gasteiger partial charge in [-0.15, -0.1) is 10.2 Å². The summed E-state index contributed by atoms with van der Waals surface area (Å²) in [5, 5.41) is 13.8. The number of rotatable bonds is 6. The molecule has 7 nitrogen and oxygen atoms in total. The Balaban J connectivity index is 2.03. The minimum atomic E-state index is -3.14. The van der Waals surface area contributed by atoms with Crippen molar-refractivity contribution < 1.29 is 13.6 Å². The van der Waals surface area contributed by atoms with Crippen molar-refractivity contribution >= 4 is 5.91 Å². The van der Waals surface area contributed by atoms with Gasteiger partial charge in [-0.25, -0.2) is 8.78 Å². The molecule has 1 aromatic carbocycles. The van der Waals surface area contributed by atoms with Crippen LogP contribution in [0, 0.1) is 0 Å². The Bertz CT molecular complexity index is 630. The number of alkyl halides is 2. The molecule has 3 N–H and O–H groups in total. The van der Waals surface area contributed by atoms with Crippen LogP contribution in [0.1, 0.15) is 13.0 Å². The molecule has 0 saturated carbocycles. The largest absolute Gasteiger partial charge is 0.348 e. The van der Waals surface area contributed by atoms with Crippen LogP contribution in [0.2, 0.25) is 0 Å². The van der Waals surface area contributed by atoms with Crippen LogP contribution in [0.4, 0.5) is 8.78 Å². The summed E-state index contributed by atoms with van der Waals surface area (Å²) in [7, 11) is 0. The van der Waals surface area contributed by atoms with Gasteiger partial charge in [-0.2, -0.15) is 4.80 Å². The number of aromatic nitrogens is 4. The molecular formula is C13H16F2N6O. The highest BCUT2D eigenvalue weighted by Gasteiger charge is 2.29. The van der Waals surface area contributed by atoms with Gasteiger partial charge in [0.25, 0.3) is 5.92 Å². The number of benzene rings is 1. The topological polar surface area (TPSA) is 98.7 Å². The first-order valence-electron chi connectivity index (χ1n) is 6.63. The third kappa shape index (κ3) is 3.82. The minimum Gasteiger partial charge on any atom is -0.348 e. The second-order valence-electron chi connectivity index (χ2n) is 4.75. The Kier molecular flexibility index (Phi) is 4.76. The highest BCUT2D eigenvalue weighted by Crippen LogP contribution is 2.14. The highest BCUT2D eigenvalue weighted by molar-refractivity contribution is 5.79. The fourth-order valence-electron chi connectivity index (χ4n) is 1.63. The third-order valence-corrected chi connectivity index (χ3v) is 3.01. The molecule has 2 aromatic rings. The predicted octanol–water partition coefficient (Wildman–Crippen LogP) is 0.611. The highest BCUT2D eigenvalue weighted by atomic mass is 19.3. The Hall–Kier alpha value is -2.42. The van der Waals surface area contributed by atoms with Crippen molar-refractivity contribution in [2.45, 2.75) is 18.9 Å². The van der Waals surface area contributed by atoms with E-state index in [9.17, 15) is 13.6 Å². The molecule has 0 aliphatic carbocycles. The molecule has 0 bridgehead atoms. The summed E-state index contributed by atoms with van der Waals surface area (Å²) < 4.78 is 26.0. The molecule has 1 amide bonds. The number of carbonyl (C=O) groups is 1. The first kappa shape index (κ1) is 16.0. The summed E-state index contributed by atoms with van der Waals surface area (Å²) in [6.07, 6.45) is 0. The minimum absolute atomic E-state index is 0.354. The average Bonchev–Trinajstić information content (AvgIpc) is 3.03. The van der Waals surface area contributed by atoms with Gasteiger partial charge in [-0.05, 0) is 12.1 Å². The quantitative estimate of drug-likeness (QED) is 0.814. The summed E-state index contributed by atoms with van der Waals surface area (Å²) in [4.78, 5) is 12.9. The fourth-order valence-corrected chi connectivity index (χ4v) is 1.63. The number of amides is 1. The van der Waals surface area contributed by atoms with E-state index in [-0.39, 0.29) is 0 Å². The van der Waals surface area contributed by atoms with E-state index in [1.807, 2.05) is 18.2 Å². The van der Waals surface area contributed by atoms with Gasteiger partial charge in [0.05, 0.1) is 13.1 Å². The molecule has 0 spiro atoms. The van der Waals surface area contributed by atoms with E-state index in [0.29, 0.717) is 5.82 Å². The van der Waals surface area contributed by atoms with Crippen molar-refractivity contribution in [2.24, 2.45) is 5.73 Å². The zero-order valence-corrected chi connectivity index (χ0v) is 11.9. The standard InChI is InChI=1S/C13H16F2N6O/c1-9(12(22)17-8-13(14,15)7-16)21-19-11(18-20-21)10-5-3-2-4-6-10/h2-6,9H,7-8,16H2,1H3,(H,17,22). The van der Waals surface area contributed by atoms with Crippen molar-refractivity contribution in [2.75, 3.05) is 13.1 Å². The second kappa shape index (κ2) is 6.56. The molecule has 0 saturated heterocycles. The molecule has 0 aliphatic heterocycles. The Morgan fingerprint density at radius 2 is 2.09 bits per heavy atom. The van der Waals surface area contributed by atoms with E-state index in [2.05, 4.69) is 20.7 Å². The van der Waals surface area contributed by atoms with Gasteiger partial charge >= 0.3 is 0 Å².